The van der Waals surface area contributed by atoms with Crippen molar-refractivity contribution >= 4 is 27.5 Å². The summed E-state index contributed by atoms with van der Waals surface area (Å²) in [6, 6.07) is 12.2. The van der Waals surface area contributed by atoms with Crippen molar-refractivity contribution in [1.82, 2.24) is 25.1 Å². The molecule has 6 rings (SSSR count). The molecule has 0 aliphatic carbocycles. The first-order valence-corrected chi connectivity index (χ1v) is 12.1. The van der Waals surface area contributed by atoms with Crippen LogP contribution in [0.2, 0.25) is 0 Å². The van der Waals surface area contributed by atoms with Gasteiger partial charge in [0, 0.05) is 39.9 Å². The lowest BCUT2D eigenvalue weighted by Gasteiger charge is -2.14. The van der Waals surface area contributed by atoms with Gasteiger partial charge in [0.1, 0.15) is 11.9 Å². The van der Waals surface area contributed by atoms with Crippen LogP contribution in [-0.2, 0) is 0 Å². The second-order valence-corrected chi connectivity index (χ2v) is 8.94. The van der Waals surface area contributed by atoms with E-state index in [4.69, 9.17) is 4.42 Å². The molecule has 0 aliphatic heterocycles. The summed E-state index contributed by atoms with van der Waals surface area (Å²) in [5.74, 6) is 0. The molecule has 0 saturated heterocycles. The Labute approximate surface area is 207 Å². The van der Waals surface area contributed by atoms with Crippen molar-refractivity contribution < 1.29 is 9.52 Å². The van der Waals surface area contributed by atoms with E-state index >= 15 is 0 Å². The highest BCUT2D eigenvalue weighted by Gasteiger charge is 2.15. The topological polar surface area (TPSA) is 116 Å². The third-order valence-corrected chi connectivity index (χ3v) is 6.43. The van der Waals surface area contributed by atoms with Crippen LogP contribution in [0, 0.1) is 0 Å². The molecular formula is C28H26N6O2. The number of fused-ring (bicyclic) bond motifs is 2. The van der Waals surface area contributed by atoms with Crippen molar-refractivity contribution in [3.63, 3.8) is 0 Å². The molecule has 0 bridgehead atoms. The number of unbranched alkanes of at least 4 members (excludes halogenated alkanes) is 1. The Bertz CT molecular complexity index is 1630. The van der Waals surface area contributed by atoms with Gasteiger partial charge in [0.25, 0.3) is 0 Å². The third kappa shape index (κ3) is 4.12. The standard InChI is InChI=1S/C28H26N6O2/c1-2-3-4-27(35)31-20-9-19(12-29-13-20)17-5-6-24-22(10-17)28(34-33-24)25-11-21-23(18-7-8-36-16-18)14-30-15-26(21)32-25/h5-16,27,31-32,35H,2-4H2,1H3,(H,33,34). The van der Waals surface area contributed by atoms with E-state index in [2.05, 4.69) is 49.5 Å². The summed E-state index contributed by atoms with van der Waals surface area (Å²) >= 11 is 0. The van der Waals surface area contributed by atoms with E-state index in [0.29, 0.717) is 6.42 Å². The Balaban J connectivity index is 1.36. The van der Waals surface area contributed by atoms with Crippen molar-refractivity contribution in [3.05, 3.63) is 73.7 Å². The van der Waals surface area contributed by atoms with Crippen LogP contribution in [0.15, 0.2) is 78.1 Å². The molecule has 0 radical (unpaired) electrons. The smallest absolute Gasteiger partial charge is 0.124 e. The van der Waals surface area contributed by atoms with Crippen LogP contribution < -0.4 is 5.32 Å². The number of H-pyrrole nitrogens is 2. The first-order chi connectivity index (χ1) is 17.7. The van der Waals surface area contributed by atoms with E-state index in [-0.39, 0.29) is 0 Å². The maximum absolute atomic E-state index is 10.2. The van der Waals surface area contributed by atoms with Crippen LogP contribution >= 0.6 is 0 Å². The number of anilines is 1. The first-order valence-electron chi connectivity index (χ1n) is 12.1. The number of furan rings is 1. The van der Waals surface area contributed by atoms with Gasteiger partial charge < -0.3 is 19.8 Å². The molecule has 0 spiro atoms. The molecule has 180 valence electrons. The lowest BCUT2D eigenvalue weighted by Crippen LogP contribution is -2.18. The summed E-state index contributed by atoms with van der Waals surface area (Å²) in [5.41, 5.74) is 8.35. The summed E-state index contributed by atoms with van der Waals surface area (Å²) in [6.07, 6.45) is 12.7. The molecule has 36 heavy (non-hydrogen) atoms. The number of rotatable bonds is 8. The van der Waals surface area contributed by atoms with Gasteiger partial charge in [-0.15, -0.1) is 0 Å². The lowest BCUT2D eigenvalue weighted by atomic mass is 10.0. The molecule has 0 saturated carbocycles. The molecule has 5 heterocycles. The molecule has 1 atom stereocenters. The van der Waals surface area contributed by atoms with Crippen LogP contribution in [0.3, 0.4) is 0 Å². The average Bonchev–Trinajstić information content (AvgIpc) is 3.66. The van der Waals surface area contributed by atoms with Gasteiger partial charge in [-0.05, 0) is 48.7 Å². The van der Waals surface area contributed by atoms with Crippen molar-refractivity contribution in [1.29, 1.82) is 0 Å². The predicted molar refractivity (Wildman–Crippen MR) is 141 cm³/mol. The van der Waals surface area contributed by atoms with E-state index in [9.17, 15) is 5.11 Å². The highest BCUT2D eigenvalue weighted by atomic mass is 16.3. The van der Waals surface area contributed by atoms with Gasteiger partial charge in [0.05, 0.1) is 47.3 Å². The molecule has 8 heteroatoms. The van der Waals surface area contributed by atoms with Gasteiger partial charge in [-0.3, -0.25) is 15.1 Å². The number of aliphatic hydroxyl groups excluding tert-OH is 1. The third-order valence-electron chi connectivity index (χ3n) is 6.43. The van der Waals surface area contributed by atoms with E-state index in [0.717, 1.165) is 74.0 Å². The minimum atomic E-state index is -0.589. The largest absolute Gasteiger partial charge is 0.472 e. The van der Waals surface area contributed by atoms with Gasteiger partial charge >= 0.3 is 0 Å². The minimum Gasteiger partial charge on any atom is -0.472 e. The number of aliphatic hydroxyl groups is 1. The number of aromatic nitrogens is 5. The van der Waals surface area contributed by atoms with Gasteiger partial charge in [-0.25, -0.2) is 0 Å². The molecular weight excluding hydrogens is 452 g/mol. The molecule has 5 aromatic heterocycles. The maximum Gasteiger partial charge on any atom is 0.124 e. The molecule has 8 nitrogen and oxygen atoms in total. The van der Waals surface area contributed by atoms with Crippen LogP contribution in [0.1, 0.15) is 26.2 Å². The fraction of sp³-hybridized carbons (Fsp3) is 0.179. The summed E-state index contributed by atoms with van der Waals surface area (Å²) < 4.78 is 5.28. The number of hydrogen-bond donors (Lipinski definition) is 4. The lowest BCUT2D eigenvalue weighted by molar-refractivity contribution is 0.190. The Morgan fingerprint density at radius 2 is 1.86 bits per heavy atom. The summed E-state index contributed by atoms with van der Waals surface area (Å²) in [5, 5.41) is 23.2. The summed E-state index contributed by atoms with van der Waals surface area (Å²) in [4.78, 5) is 12.3. The van der Waals surface area contributed by atoms with E-state index < -0.39 is 6.23 Å². The minimum absolute atomic E-state index is 0.589. The zero-order chi connectivity index (χ0) is 24.5. The van der Waals surface area contributed by atoms with Crippen molar-refractivity contribution in [3.8, 4) is 33.6 Å². The van der Waals surface area contributed by atoms with Gasteiger partial charge in [-0.1, -0.05) is 19.4 Å². The second-order valence-electron chi connectivity index (χ2n) is 8.94. The van der Waals surface area contributed by atoms with Crippen LogP contribution in [0.5, 0.6) is 0 Å². The number of nitrogens with one attached hydrogen (secondary N) is 3. The maximum atomic E-state index is 10.2. The number of nitrogens with zero attached hydrogens (tertiary/aromatic N) is 3. The monoisotopic (exact) mass is 478 g/mol. The van der Waals surface area contributed by atoms with Crippen LogP contribution in [0.25, 0.3) is 55.4 Å². The van der Waals surface area contributed by atoms with Crippen molar-refractivity contribution in [2.24, 2.45) is 0 Å². The highest BCUT2D eigenvalue weighted by molar-refractivity contribution is 6.01. The predicted octanol–water partition coefficient (Wildman–Crippen LogP) is 6.35. The van der Waals surface area contributed by atoms with E-state index in [1.807, 2.05) is 42.9 Å². The number of aromatic amines is 2. The molecule has 6 aromatic rings. The number of benzene rings is 1. The van der Waals surface area contributed by atoms with Crippen molar-refractivity contribution in [2.75, 3.05) is 5.32 Å². The fourth-order valence-corrected chi connectivity index (χ4v) is 4.56. The average molecular weight is 479 g/mol. The van der Waals surface area contributed by atoms with Gasteiger partial charge in [0.15, 0.2) is 0 Å². The second kappa shape index (κ2) is 9.31. The Kier molecular flexibility index (Phi) is 5.71. The quantitative estimate of drug-likeness (QED) is 0.190. The fourth-order valence-electron chi connectivity index (χ4n) is 4.56. The SMILES string of the molecule is CCCCC(O)Nc1cncc(-c2ccc3[nH]nc(-c4cc5c(-c6ccoc6)cncc5[nH]4)c3c2)c1. The summed E-state index contributed by atoms with van der Waals surface area (Å²) in [7, 11) is 0. The van der Waals surface area contributed by atoms with E-state index in [1.165, 1.54) is 0 Å². The number of pyridine rings is 2. The van der Waals surface area contributed by atoms with E-state index in [1.54, 1.807) is 18.7 Å². The molecule has 0 fully saturated rings. The molecule has 1 unspecified atom stereocenters. The zero-order valence-corrected chi connectivity index (χ0v) is 19.8. The Hall–Kier alpha value is -4.43. The normalized spacial score (nSPS) is 12.4. The molecule has 4 N–H and O–H groups in total. The number of hydrogen-bond acceptors (Lipinski definition) is 6. The molecule has 0 aliphatic rings. The van der Waals surface area contributed by atoms with Crippen LogP contribution in [-0.4, -0.2) is 36.5 Å². The highest BCUT2D eigenvalue weighted by Crippen LogP contribution is 2.35. The van der Waals surface area contributed by atoms with Crippen LogP contribution in [0.4, 0.5) is 5.69 Å². The Morgan fingerprint density at radius 1 is 0.944 bits per heavy atom. The zero-order valence-electron chi connectivity index (χ0n) is 19.8. The van der Waals surface area contributed by atoms with Crippen molar-refractivity contribution in [2.45, 2.75) is 32.4 Å². The molecule has 1 aromatic carbocycles. The first kappa shape index (κ1) is 22.1. The summed E-state index contributed by atoms with van der Waals surface area (Å²) in [6.45, 7) is 2.11. The molecule has 0 amide bonds. The Morgan fingerprint density at radius 3 is 2.72 bits per heavy atom. The van der Waals surface area contributed by atoms with Gasteiger partial charge in [-0.2, -0.15) is 5.10 Å². The van der Waals surface area contributed by atoms with Gasteiger partial charge in [0.2, 0.25) is 0 Å².